The van der Waals surface area contributed by atoms with E-state index in [9.17, 15) is 0 Å². The summed E-state index contributed by atoms with van der Waals surface area (Å²) in [7, 11) is 0. The van der Waals surface area contributed by atoms with Crippen molar-refractivity contribution in [1.29, 1.82) is 0 Å². The third-order valence-corrected chi connectivity index (χ3v) is 2.62. The largest absolute Gasteiger partial charge is 0.460 e. The Bertz CT molecular complexity index is 409. The molecule has 2 nitrogen and oxygen atoms in total. The number of furan rings is 1. The molecule has 1 aliphatic carbocycles. The molecule has 1 saturated carbocycles. The maximum atomic E-state index is 5.68. The van der Waals surface area contributed by atoms with Gasteiger partial charge in [0.15, 0.2) is 0 Å². The fourth-order valence-electron chi connectivity index (χ4n) is 1.66. The van der Waals surface area contributed by atoms with Gasteiger partial charge < -0.3 is 9.73 Å². The predicted molar refractivity (Wildman–Crippen MR) is 56.1 cm³/mol. The zero-order valence-electron chi connectivity index (χ0n) is 7.99. The molecule has 1 heterocycles. The van der Waals surface area contributed by atoms with E-state index in [0.717, 1.165) is 23.9 Å². The van der Waals surface area contributed by atoms with Gasteiger partial charge in [-0.1, -0.05) is 18.2 Å². The Balaban J connectivity index is 1.82. The van der Waals surface area contributed by atoms with Gasteiger partial charge in [0.1, 0.15) is 11.3 Å². The van der Waals surface area contributed by atoms with E-state index in [4.69, 9.17) is 4.42 Å². The third-order valence-electron chi connectivity index (χ3n) is 2.62. The van der Waals surface area contributed by atoms with Crippen molar-refractivity contribution < 1.29 is 4.42 Å². The summed E-state index contributed by atoms with van der Waals surface area (Å²) >= 11 is 0. The first kappa shape index (κ1) is 8.06. The highest BCUT2D eigenvalue weighted by molar-refractivity contribution is 5.77. The van der Waals surface area contributed by atoms with Crippen molar-refractivity contribution in [3.05, 3.63) is 36.1 Å². The summed E-state index contributed by atoms with van der Waals surface area (Å²) in [6, 6.07) is 11.0. The molecular formula is C12H13NO. The van der Waals surface area contributed by atoms with Crippen molar-refractivity contribution in [2.45, 2.75) is 25.4 Å². The van der Waals surface area contributed by atoms with Crippen molar-refractivity contribution in [3.8, 4) is 0 Å². The smallest absolute Gasteiger partial charge is 0.134 e. The van der Waals surface area contributed by atoms with Crippen LogP contribution in [-0.4, -0.2) is 6.04 Å². The first-order valence-electron chi connectivity index (χ1n) is 5.13. The Morgan fingerprint density at radius 1 is 1.29 bits per heavy atom. The lowest BCUT2D eigenvalue weighted by molar-refractivity contribution is 0.512. The maximum absolute atomic E-state index is 5.68. The summed E-state index contributed by atoms with van der Waals surface area (Å²) in [5, 5.41) is 4.63. The topological polar surface area (TPSA) is 25.2 Å². The zero-order valence-corrected chi connectivity index (χ0v) is 7.99. The second kappa shape index (κ2) is 3.14. The van der Waals surface area contributed by atoms with Crippen molar-refractivity contribution in [1.82, 2.24) is 5.32 Å². The van der Waals surface area contributed by atoms with Gasteiger partial charge in [-0.25, -0.2) is 0 Å². The quantitative estimate of drug-likeness (QED) is 0.799. The molecule has 72 valence electrons. The van der Waals surface area contributed by atoms with Crippen molar-refractivity contribution in [3.63, 3.8) is 0 Å². The second-order valence-corrected chi connectivity index (χ2v) is 3.91. The summed E-state index contributed by atoms with van der Waals surface area (Å²) in [6.45, 7) is 0.860. The van der Waals surface area contributed by atoms with E-state index in [1.807, 2.05) is 18.2 Å². The molecule has 0 radical (unpaired) electrons. The molecule has 14 heavy (non-hydrogen) atoms. The number of rotatable bonds is 3. The molecule has 2 heteroatoms. The molecule has 0 aliphatic heterocycles. The van der Waals surface area contributed by atoms with Gasteiger partial charge in [-0.15, -0.1) is 0 Å². The minimum atomic E-state index is 0.739. The van der Waals surface area contributed by atoms with Gasteiger partial charge >= 0.3 is 0 Å². The summed E-state index contributed by atoms with van der Waals surface area (Å²) in [5.74, 6) is 1.04. The Morgan fingerprint density at radius 2 is 2.14 bits per heavy atom. The van der Waals surface area contributed by atoms with E-state index in [-0.39, 0.29) is 0 Å². The lowest BCUT2D eigenvalue weighted by atomic mass is 10.2. The van der Waals surface area contributed by atoms with E-state index in [1.165, 1.54) is 18.2 Å². The van der Waals surface area contributed by atoms with E-state index >= 15 is 0 Å². The summed E-state index contributed by atoms with van der Waals surface area (Å²) in [6.07, 6.45) is 2.64. The lowest BCUT2D eigenvalue weighted by Gasteiger charge is -1.96. The zero-order chi connectivity index (χ0) is 9.38. The van der Waals surface area contributed by atoms with Crippen LogP contribution < -0.4 is 5.32 Å². The number of nitrogens with one attached hydrogen (secondary N) is 1. The van der Waals surface area contributed by atoms with Gasteiger partial charge in [-0.3, -0.25) is 0 Å². The molecule has 3 rings (SSSR count). The van der Waals surface area contributed by atoms with Gasteiger partial charge in [0, 0.05) is 11.4 Å². The molecule has 1 N–H and O–H groups in total. The summed E-state index contributed by atoms with van der Waals surface area (Å²) < 4.78 is 5.68. The van der Waals surface area contributed by atoms with Gasteiger partial charge in [0.05, 0.1) is 6.54 Å². The van der Waals surface area contributed by atoms with Crippen LogP contribution in [0.4, 0.5) is 0 Å². The molecule has 1 fully saturated rings. The average Bonchev–Trinajstić information content (AvgIpc) is 2.94. The van der Waals surface area contributed by atoms with Crippen LogP contribution in [0.25, 0.3) is 11.0 Å². The maximum Gasteiger partial charge on any atom is 0.134 e. The van der Waals surface area contributed by atoms with Crippen LogP contribution in [0.2, 0.25) is 0 Å². The lowest BCUT2D eigenvalue weighted by Crippen LogP contribution is -2.14. The van der Waals surface area contributed by atoms with Crippen molar-refractivity contribution in [2.24, 2.45) is 0 Å². The average molecular weight is 187 g/mol. The molecule has 0 bridgehead atoms. The molecule has 0 amide bonds. The van der Waals surface area contributed by atoms with Crippen LogP contribution in [0.1, 0.15) is 18.6 Å². The standard InChI is InChI=1S/C12H13NO/c1-2-4-12-9(3-1)7-11(14-12)8-13-10-5-6-10/h1-4,7,10,13H,5-6,8H2. The Kier molecular flexibility index (Phi) is 1.81. The fourth-order valence-corrected chi connectivity index (χ4v) is 1.66. The van der Waals surface area contributed by atoms with Gasteiger partial charge in [-0.2, -0.15) is 0 Å². The van der Waals surface area contributed by atoms with Crippen molar-refractivity contribution in [2.75, 3.05) is 0 Å². The highest BCUT2D eigenvalue weighted by atomic mass is 16.3. The van der Waals surface area contributed by atoms with Crippen LogP contribution in [0, 0.1) is 0 Å². The summed E-state index contributed by atoms with van der Waals surface area (Å²) in [5.41, 5.74) is 0.986. The molecule has 0 unspecified atom stereocenters. The highest BCUT2D eigenvalue weighted by Gasteiger charge is 2.20. The van der Waals surface area contributed by atoms with E-state index in [0.29, 0.717) is 0 Å². The second-order valence-electron chi connectivity index (χ2n) is 3.91. The number of fused-ring (bicyclic) bond motifs is 1. The third kappa shape index (κ3) is 1.53. The Hall–Kier alpha value is -1.28. The number of hydrogen-bond donors (Lipinski definition) is 1. The van der Waals surface area contributed by atoms with E-state index in [2.05, 4.69) is 17.4 Å². The van der Waals surface area contributed by atoms with Crippen LogP contribution >= 0.6 is 0 Å². The molecule has 1 aromatic heterocycles. The Labute approximate surface area is 82.9 Å². The van der Waals surface area contributed by atoms with Crippen LogP contribution in [0.5, 0.6) is 0 Å². The first-order chi connectivity index (χ1) is 6.92. The van der Waals surface area contributed by atoms with Gasteiger partial charge in [0.25, 0.3) is 0 Å². The van der Waals surface area contributed by atoms with Gasteiger partial charge in [-0.05, 0) is 25.0 Å². The van der Waals surface area contributed by atoms with E-state index < -0.39 is 0 Å². The number of para-hydroxylation sites is 1. The van der Waals surface area contributed by atoms with Crippen LogP contribution in [0.3, 0.4) is 0 Å². The molecule has 0 atom stereocenters. The number of hydrogen-bond acceptors (Lipinski definition) is 2. The SMILES string of the molecule is c1ccc2oc(CNC3CC3)cc2c1. The summed E-state index contributed by atoms with van der Waals surface area (Å²) in [4.78, 5) is 0. The molecule has 1 aliphatic rings. The first-order valence-corrected chi connectivity index (χ1v) is 5.13. The molecule has 1 aromatic carbocycles. The Morgan fingerprint density at radius 3 is 2.93 bits per heavy atom. The van der Waals surface area contributed by atoms with Crippen LogP contribution in [0.15, 0.2) is 34.7 Å². The van der Waals surface area contributed by atoms with Crippen LogP contribution in [-0.2, 0) is 6.54 Å². The van der Waals surface area contributed by atoms with E-state index in [1.54, 1.807) is 0 Å². The molecule has 0 spiro atoms. The predicted octanol–water partition coefficient (Wildman–Crippen LogP) is 2.68. The van der Waals surface area contributed by atoms with Gasteiger partial charge in [0.2, 0.25) is 0 Å². The minimum Gasteiger partial charge on any atom is -0.460 e. The highest BCUT2D eigenvalue weighted by Crippen LogP contribution is 2.22. The molecular weight excluding hydrogens is 174 g/mol. The monoisotopic (exact) mass is 187 g/mol. The fraction of sp³-hybridized carbons (Fsp3) is 0.333. The molecule has 0 saturated heterocycles. The number of benzene rings is 1. The molecule has 2 aromatic rings. The normalized spacial score (nSPS) is 16.3. The minimum absolute atomic E-state index is 0.739. The van der Waals surface area contributed by atoms with Crippen molar-refractivity contribution >= 4 is 11.0 Å².